The van der Waals surface area contributed by atoms with Crippen LogP contribution in [0.2, 0.25) is 0 Å². The fourth-order valence-electron chi connectivity index (χ4n) is 1.76. The van der Waals surface area contributed by atoms with Crippen molar-refractivity contribution in [1.29, 1.82) is 0 Å². The van der Waals surface area contributed by atoms with Gasteiger partial charge in [0.25, 0.3) is 0 Å². The Morgan fingerprint density at radius 1 is 1.54 bits per heavy atom. The molecule has 0 saturated carbocycles. The molecular weight excluding hydrogens is 164 g/mol. The monoisotopic (exact) mass is 186 g/mol. The maximum atomic E-state index is 9.99. The second-order valence-corrected chi connectivity index (χ2v) is 4.80. The molecule has 1 saturated heterocycles. The summed E-state index contributed by atoms with van der Waals surface area (Å²) in [5.41, 5.74) is -0.588. The first-order valence-electron chi connectivity index (χ1n) is 5.10. The molecule has 1 aliphatic rings. The molecule has 0 aromatic carbocycles. The SMILES string of the molecule is CC1CN(C(C)C)CC(C)(O)CN1. The third-order valence-corrected chi connectivity index (χ3v) is 2.61. The molecule has 0 spiro atoms. The van der Waals surface area contributed by atoms with E-state index < -0.39 is 5.60 Å². The minimum absolute atomic E-state index is 0.469. The molecule has 0 bridgehead atoms. The number of nitrogens with one attached hydrogen (secondary N) is 1. The number of hydrogen-bond donors (Lipinski definition) is 2. The Hall–Kier alpha value is -0.120. The highest BCUT2D eigenvalue weighted by Gasteiger charge is 2.29. The standard InChI is InChI=1S/C10H22N2O/c1-8(2)12-5-9(3)11-6-10(4,13)7-12/h8-9,11,13H,5-7H2,1-4H3. The number of aliphatic hydroxyl groups is 1. The van der Waals surface area contributed by atoms with E-state index in [-0.39, 0.29) is 0 Å². The van der Waals surface area contributed by atoms with Crippen LogP contribution in [-0.4, -0.2) is 47.3 Å². The summed E-state index contributed by atoms with van der Waals surface area (Å²) in [6.45, 7) is 10.9. The molecule has 1 aliphatic heterocycles. The summed E-state index contributed by atoms with van der Waals surface area (Å²) in [4.78, 5) is 2.32. The Morgan fingerprint density at radius 2 is 2.15 bits per heavy atom. The molecule has 1 heterocycles. The van der Waals surface area contributed by atoms with Gasteiger partial charge in [0.2, 0.25) is 0 Å². The van der Waals surface area contributed by atoms with Crippen molar-refractivity contribution in [2.24, 2.45) is 0 Å². The van der Waals surface area contributed by atoms with Crippen LogP contribution in [0.15, 0.2) is 0 Å². The Bertz CT molecular complexity index is 168. The van der Waals surface area contributed by atoms with Gasteiger partial charge in [0.15, 0.2) is 0 Å². The Morgan fingerprint density at radius 3 is 2.69 bits per heavy atom. The topological polar surface area (TPSA) is 35.5 Å². The van der Waals surface area contributed by atoms with Gasteiger partial charge in [-0.15, -0.1) is 0 Å². The van der Waals surface area contributed by atoms with E-state index in [0.717, 1.165) is 13.1 Å². The number of rotatable bonds is 1. The van der Waals surface area contributed by atoms with Crippen molar-refractivity contribution in [2.75, 3.05) is 19.6 Å². The molecule has 13 heavy (non-hydrogen) atoms. The van der Waals surface area contributed by atoms with Gasteiger partial charge >= 0.3 is 0 Å². The van der Waals surface area contributed by atoms with Crippen molar-refractivity contribution >= 4 is 0 Å². The Balaban J connectivity index is 2.63. The fourth-order valence-corrected chi connectivity index (χ4v) is 1.76. The quantitative estimate of drug-likeness (QED) is 0.624. The zero-order chi connectivity index (χ0) is 10.1. The summed E-state index contributed by atoms with van der Waals surface area (Å²) in [7, 11) is 0. The van der Waals surface area contributed by atoms with Gasteiger partial charge in [-0.1, -0.05) is 0 Å². The van der Waals surface area contributed by atoms with Gasteiger partial charge in [0.1, 0.15) is 0 Å². The van der Waals surface area contributed by atoms with Crippen LogP contribution in [-0.2, 0) is 0 Å². The molecule has 0 radical (unpaired) electrons. The van der Waals surface area contributed by atoms with Crippen LogP contribution in [0.1, 0.15) is 27.7 Å². The lowest BCUT2D eigenvalue weighted by atomic mass is 10.1. The van der Waals surface area contributed by atoms with Gasteiger partial charge in [-0.3, -0.25) is 4.90 Å². The van der Waals surface area contributed by atoms with Crippen LogP contribution in [0.5, 0.6) is 0 Å². The third-order valence-electron chi connectivity index (χ3n) is 2.61. The van der Waals surface area contributed by atoms with E-state index in [0.29, 0.717) is 18.6 Å². The highest BCUT2D eigenvalue weighted by atomic mass is 16.3. The summed E-state index contributed by atoms with van der Waals surface area (Å²) in [5.74, 6) is 0. The van der Waals surface area contributed by atoms with Crippen LogP contribution < -0.4 is 5.32 Å². The molecule has 0 aromatic heterocycles. The van der Waals surface area contributed by atoms with Crippen LogP contribution in [0, 0.1) is 0 Å². The molecular formula is C10H22N2O. The highest BCUT2D eigenvalue weighted by Crippen LogP contribution is 2.12. The first-order chi connectivity index (χ1) is 5.91. The summed E-state index contributed by atoms with van der Waals surface area (Å²) in [6, 6.07) is 0.977. The summed E-state index contributed by atoms with van der Waals surface area (Å²) in [5, 5.41) is 13.3. The largest absolute Gasteiger partial charge is 0.388 e. The average molecular weight is 186 g/mol. The van der Waals surface area contributed by atoms with Gasteiger partial charge in [0.05, 0.1) is 5.60 Å². The van der Waals surface area contributed by atoms with E-state index >= 15 is 0 Å². The molecule has 3 heteroatoms. The zero-order valence-corrected chi connectivity index (χ0v) is 9.17. The first-order valence-corrected chi connectivity index (χ1v) is 5.10. The van der Waals surface area contributed by atoms with Crippen molar-refractivity contribution in [3.05, 3.63) is 0 Å². The molecule has 0 aliphatic carbocycles. The van der Waals surface area contributed by atoms with Crippen molar-refractivity contribution in [3.63, 3.8) is 0 Å². The van der Waals surface area contributed by atoms with Gasteiger partial charge in [-0.25, -0.2) is 0 Å². The first kappa shape index (κ1) is 11.0. The smallest absolute Gasteiger partial charge is 0.0869 e. The maximum Gasteiger partial charge on any atom is 0.0869 e. The highest BCUT2D eigenvalue weighted by molar-refractivity contribution is 4.87. The van der Waals surface area contributed by atoms with Crippen molar-refractivity contribution < 1.29 is 5.11 Å². The van der Waals surface area contributed by atoms with Crippen LogP contribution in [0.25, 0.3) is 0 Å². The molecule has 0 amide bonds. The lowest BCUT2D eigenvalue weighted by molar-refractivity contribution is 0.0258. The average Bonchev–Trinajstić information content (AvgIpc) is 2.11. The number of nitrogens with zero attached hydrogens (tertiary/aromatic N) is 1. The van der Waals surface area contributed by atoms with Crippen LogP contribution >= 0.6 is 0 Å². The summed E-state index contributed by atoms with van der Waals surface area (Å²) >= 11 is 0. The van der Waals surface area contributed by atoms with E-state index in [1.807, 2.05) is 6.92 Å². The predicted octanol–water partition coefficient (Wildman–Crippen LogP) is 0.439. The lowest BCUT2D eigenvalue weighted by Gasteiger charge is -2.31. The van der Waals surface area contributed by atoms with Crippen molar-refractivity contribution in [1.82, 2.24) is 10.2 Å². The second kappa shape index (κ2) is 3.95. The molecule has 78 valence electrons. The minimum atomic E-state index is -0.588. The van der Waals surface area contributed by atoms with Gasteiger partial charge < -0.3 is 10.4 Å². The van der Waals surface area contributed by atoms with E-state index in [4.69, 9.17) is 0 Å². The molecule has 2 N–H and O–H groups in total. The van der Waals surface area contributed by atoms with Gasteiger partial charge in [-0.2, -0.15) is 0 Å². The summed E-state index contributed by atoms with van der Waals surface area (Å²) in [6.07, 6.45) is 0. The molecule has 3 nitrogen and oxygen atoms in total. The van der Waals surface area contributed by atoms with Crippen molar-refractivity contribution in [2.45, 2.75) is 45.4 Å². The zero-order valence-electron chi connectivity index (χ0n) is 9.17. The lowest BCUT2D eigenvalue weighted by Crippen LogP contribution is -2.45. The molecule has 0 aromatic rings. The van der Waals surface area contributed by atoms with E-state index in [9.17, 15) is 5.11 Å². The van der Waals surface area contributed by atoms with Gasteiger partial charge in [-0.05, 0) is 27.7 Å². The van der Waals surface area contributed by atoms with Crippen LogP contribution in [0.4, 0.5) is 0 Å². The van der Waals surface area contributed by atoms with E-state index in [2.05, 4.69) is 31.0 Å². The maximum absolute atomic E-state index is 9.99. The predicted molar refractivity (Wildman–Crippen MR) is 54.8 cm³/mol. The molecule has 1 fully saturated rings. The summed E-state index contributed by atoms with van der Waals surface area (Å²) < 4.78 is 0. The third kappa shape index (κ3) is 3.25. The van der Waals surface area contributed by atoms with E-state index in [1.54, 1.807) is 0 Å². The Kier molecular flexibility index (Phi) is 3.33. The Labute approximate surface area is 81.1 Å². The number of β-amino-alcohol motifs (C(OH)–C–C–N with tert-alkyl or cyclic N) is 1. The van der Waals surface area contributed by atoms with E-state index in [1.165, 1.54) is 0 Å². The minimum Gasteiger partial charge on any atom is -0.388 e. The van der Waals surface area contributed by atoms with Crippen molar-refractivity contribution in [3.8, 4) is 0 Å². The van der Waals surface area contributed by atoms with Gasteiger partial charge in [0, 0.05) is 31.7 Å². The molecule has 1 rings (SSSR count). The molecule has 2 unspecified atom stereocenters. The second-order valence-electron chi connectivity index (χ2n) is 4.80. The van der Waals surface area contributed by atoms with Crippen LogP contribution in [0.3, 0.4) is 0 Å². The fraction of sp³-hybridized carbons (Fsp3) is 1.00. The molecule has 2 atom stereocenters. The normalized spacial score (nSPS) is 37.8. The number of hydrogen-bond acceptors (Lipinski definition) is 3.